The molecule has 1 aliphatic heterocycles. The third-order valence-corrected chi connectivity index (χ3v) is 2.09. The molecule has 0 saturated carbocycles. The van der Waals surface area contributed by atoms with E-state index >= 15 is 0 Å². The molecule has 3 nitrogen and oxygen atoms in total. The average Bonchev–Trinajstić information content (AvgIpc) is 2.60. The van der Waals surface area contributed by atoms with E-state index in [9.17, 15) is 4.79 Å². The molecule has 1 heterocycles. The van der Waals surface area contributed by atoms with Crippen molar-refractivity contribution in [2.45, 2.75) is 0 Å². The highest BCUT2D eigenvalue weighted by atomic mass is 16.3. The Bertz CT molecular complexity index is 431. The molecular weight excluding hydrogens is 178 g/mol. The molecular formula is C11H10NO2. The van der Waals surface area contributed by atoms with Gasteiger partial charge in [0.1, 0.15) is 0 Å². The second kappa shape index (κ2) is 3.18. The van der Waals surface area contributed by atoms with Crippen molar-refractivity contribution in [1.82, 2.24) is 4.90 Å². The normalized spacial score (nSPS) is 10.4. The molecule has 0 fully saturated rings. The van der Waals surface area contributed by atoms with E-state index in [1.54, 1.807) is 38.8 Å². The lowest BCUT2D eigenvalue weighted by molar-refractivity contribution is 0.0828. The summed E-state index contributed by atoms with van der Waals surface area (Å²) in [5, 5.41) is 0. The Kier molecular flexibility index (Phi) is 2.00. The van der Waals surface area contributed by atoms with Gasteiger partial charge in [-0.25, -0.2) is 0 Å². The molecule has 0 saturated heterocycles. The molecule has 0 spiro atoms. The first-order valence-electron chi connectivity index (χ1n) is 4.28. The summed E-state index contributed by atoms with van der Waals surface area (Å²) >= 11 is 0. The number of carbonyl (C=O) groups is 1. The Morgan fingerprint density at radius 3 is 3.00 bits per heavy atom. The van der Waals surface area contributed by atoms with Gasteiger partial charge in [0.05, 0.1) is 18.1 Å². The lowest BCUT2D eigenvalue weighted by Crippen LogP contribution is -2.21. The highest BCUT2D eigenvalue weighted by Gasteiger charge is 2.17. The van der Waals surface area contributed by atoms with Gasteiger partial charge in [0.2, 0.25) is 0 Å². The van der Waals surface area contributed by atoms with Crippen LogP contribution in [0.2, 0.25) is 0 Å². The Labute approximate surface area is 82.3 Å². The van der Waals surface area contributed by atoms with Crippen LogP contribution in [0.25, 0.3) is 11.1 Å². The Morgan fingerprint density at radius 2 is 2.29 bits per heavy atom. The molecule has 0 N–H and O–H groups in total. The fourth-order valence-electron chi connectivity index (χ4n) is 1.35. The summed E-state index contributed by atoms with van der Waals surface area (Å²) in [5.74, 6) is -0.0300. The van der Waals surface area contributed by atoms with E-state index in [2.05, 4.69) is 6.07 Å². The molecule has 0 atom stereocenters. The average molecular weight is 188 g/mol. The van der Waals surface area contributed by atoms with Crippen LogP contribution < -0.4 is 0 Å². The molecule has 0 bridgehead atoms. The summed E-state index contributed by atoms with van der Waals surface area (Å²) in [4.78, 5) is 13.2. The minimum Gasteiger partial charge on any atom is -0.472 e. The lowest BCUT2D eigenvalue weighted by atomic mass is 10.1. The number of carbonyl (C=O) groups excluding carboxylic acids is 1. The molecule has 1 aliphatic carbocycles. The molecule has 0 aromatic rings. The van der Waals surface area contributed by atoms with Crippen molar-refractivity contribution in [2.75, 3.05) is 14.1 Å². The molecule has 3 heteroatoms. The maximum absolute atomic E-state index is 11.7. The van der Waals surface area contributed by atoms with Crippen molar-refractivity contribution in [3.05, 3.63) is 36.3 Å². The Morgan fingerprint density at radius 1 is 1.50 bits per heavy atom. The van der Waals surface area contributed by atoms with Gasteiger partial charge in [-0.05, 0) is 23.8 Å². The molecule has 1 radical (unpaired) electrons. The molecule has 0 unspecified atom stereocenters. The zero-order chi connectivity index (χ0) is 10.1. The van der Waals surface area contributed by atoms with Crippen molar-refractivity contribution < 1.29 is 9.21 Å². The Balaban J connectivity index is 2.50. The number of fused-ring (bicyclic) bond motifs is 1. The first-order chi connectivity index (χ1) is 6.70. The topological polar surface area (TPSA) is 33.5 Å². The molecule has 1 amide bonds. The number of rotatable bonds is 1. The van der Waals surface area contributed by atoms with Gasteiger partial charge in [0.15, 0.2) is 0 Å². The number of hydrogen-bond donors (Lipinski definition) is 0. The van der Waals surface area contributed by atoms with Gasteiger partial charge in [0.25, 0.3) is 5.91 Å². The van der Waals surface area contributed by atoms with E-state index in [4.69, 9.17) is 4.42 Å². The molecule has 2 rings (SSSR count). The third-order valence-electron chi connectivity index (χ3n) is 2.09. The van der Waals surface area contributed by atoms with Gasteiger partial charge in [-0.2, -0.15) is 0 Å². The van der Waals surface area contributed by atoms with Crippen LogP contribution in [0.5, 0.6) is 0 Å². The molecule has 0 aromatic carbocycles. The van der Waals surface area contributed by atoms with Gasteiger partial charge in [0, 0.05) is 19.7 Å². The lowest BCUT2D eigenvalue weighted by Gasteiger charge is -2.10. The minimum atomic E-state index is -0.0300. The van der Waals surface area contributed by atoms with Crippen LogP contribution >= 0.6 is 0 Å². The van der Waals surface area contributed by atoms with Crippen molar-refractivity contribution in [3.8, 4) is 11.1 Å². The van der Waals surface area contributed by atoms with Gasteiger partial charge in [-0.1, -0.05) is 0 Å². The van der Waals surface area contributed by atoms with Crippen LogP contribution in [-0.4, -0.2) is 24.9 Å². The minimum absolute atomic E-state index is 0.0300. The zero-order valence-electron chi connectivity index (χ0n) is 8.07. The predicted octanol–water partition coefficient (Wildman–Crippen LogP) is 1.89. The van der Waals surface area contributed by atoms with Crippen molar-refractivity contribution >= 4 is 5.91 Å². The molecule has 2 aliphatic rings. The van der Waals surface area contributed by atoms with E-state index < -0.39 is 0 Å². The monoisotopic (exact) mass is 188 g/mol. The maximum Gasteiger partial charge on any atom is 0.254 e. The summed E-state index contributed by atoms with van der Waals surface area (Å²) in [7, 11) is 3.45. The highest BCUT2D eigenvalue weighted by molar-refractivity contribution is 6.01. The van der Waals surface area contributed by atoms with Crippen LogP contribution in [0.1, 0.15) is 10.4 Å². The van der Waals surface area contributed by atoms with Crippen LogP contribution in [-0.2, 0) is 0 Å². The van der Waals surface area contributed by atoms with Crippen LogP contribution in [0, 0.1) is 6.07 Å². The first kappa shape index (κ1) is 8.81. The predicted molar refractivity (Wildman–Crippen MR) is 52.2 cm³/mol. The van der Waals surface area contributed by atoms with Gasteiger partial charge < -0.3 is 9.32 Å². The second-order valence-electron chi connectivity index (χ2n) is 3.29. The number of nitrogens with zero attached hydrogens (tertiary/aromatic N) is 1. The standard InChI is InChI=1S/C11H10NO2/c1-12(2)11(13)9-4-3-8-5-6-14-7-10(8)9/h4-7H,1-2H3. The number of amides is 1. The summed E-state index contributed by atoms with van der Waals surface area (Å²) in [6.45, 7) is 0. The summed E-state index contributed by atoms with van der Waals surface area (Å²) < 4.78 is 5.03. The van der Waals surface area contributed by atoms with Gasteiger partial charge >= 0.3 is 0 Å². The molecule has 0 aromatic heterocycles. The van der Waals surface area contributed by atoms with E-state index in [1.165, 1.54) is 4.90 Å². The first-order valence-corrected chi connectivity index (χ1v) is 4.28. The number of hydrogen-bond acceptors (Lipinski definition) is 2. The van der Waals surface area contributed by atoms with Gasteiger partial charge in [-0.3, -0.25) is 4.79 Å². The fraction of sp³-hybridized carbons (Fsp3) is 0.182. The summed E-state index contributed by atoms with van der Waals surface area (Å²) in [6.07, 6.45) is 3.14. The van der Waals surface area contributed by atoms with Crippen LogP contribution in [0.3, 0.4) is 0 Å². The quantitative estimate of drug-likeness (QED) is 0.684. The third kappa shape index (κ3) is 1.27. The largest absolute Gasteiger partial charge is 0.472 e. The Hall–Kier alpha value is -1.77. The van der Waals surface area contributed by atoms with Gasteiger partial charge in [-0.15, -0.1) is 0 Å². The maximum atomic E-state index is 11.7. The van der Waals surface area contributed by atoms with E-state index in [1.807, 2.05) is 0 Å². The van der Waals surface area contributed by atoms with Crippen LogP contribution in [0.4, 0.5) is 0 Å². The van der Waals surface area contributed by atoms with Crippen LogP contribution in [0.15, 0.2) is 29.1 Å². The van der Waals surface area contributed by atoms with E-state index in [-0.39, 0.29) is 5.91 Å². The smallest absolute Gasteiger partial charge is 0.254 e. The van der Waals surface area contributed by atoms with Crippen molar-refractivity contribution in [3.63, 3.8) is 0 Å². The zero-order valence-corrected chi connectivity index (χ0v) is 8.07. The summed E-state index contributed by atoms with van der Waals surface area (Å²) in [5.41, 5.74) is 2.35. The van der Waals surface area contributed by atoms with Crippen molar-refractivity contribution in [2.24, 2.45) is 0 Å². The van der Waals surface area contributed by atoms with E-state index in [0.717, 1.165) is 11.1 Å². The van der Waals surface area contributed by atoms with E-state index in [0.29, 0.717) is 5.56 Å². The highest BCUT2D eigenvalue weighted by Crippen LogP contribution is 2.27. The summed E-state index contributed by atoms with van der Waals surface area (Å²) in [6, 6.07) is 6.51. The molecule has 71 valence electrons. The molecule has 14 heavy (non-hydrogen) atoms. The van der Waals surface area contributed by atoms with Crippen molar-refractivity contribution in [1.29, 1.82) is 0 Å². The fourth-order valence-corrected chi connectivity index (χ4v) is 1.35. The second-order valence-corrected chi connectivity index (χ2v) is 3.29. The SMILES string of the molecule is CN(C)C(=O)c1c[c]c2ccocc1-2.